The fourth-order valence-corrected chi connectivity index (χ4v) is 3.94. The van der Waals surface area contributed by atoms with Gasteiger partial charge in [0.2, 0.25) is 5.91 Å². The van der Waals surface area contributed by atoms with Crippen LogP contribution < -0.4 is 11.1 Å². The molecule has 1 aromatic heterocycles. The molecular formula is C16H21ClN2OS. The van der Waals surface area contributed by atoms with E-state index in [0.717, 1.165) is 25.7 Å². The quantitative estimate of drug-likeness (QED) is 0.908. The molecule has 0 radical (unpaired) electrons. The van der Waals surface area contributed by atoms with E-state index in [1.165, 1.54) is 15.6 Å². The van der Waals surface area contributed by atoms with Gasteiger partial charge in [-0.1, -0.05) is 18.2 Å². The van der Waals surface area contributed by atoms with E-state index in [-0.39, 0.29) is 30.3 Å². The smallest absolute Gasteiger partial charge is 0.223 e. The minimum Gasteiger partial charge on any atom is -0.356 e. The lowest BCUT2D eigenvalue weighted by Gasteiger charge is -2.10. The lowest BCUT2D eigenvalue weighted by molar-refractivity contribution is -0.124. The van der Waals surface area contributed by atoms with Crippen molar-refractivity contribution in [2.75, 3.05) is 6.54 Å². The van der Waals surface area contributed by atoms with Crippen molar-refractivity contribution in [1.29, 1.82) is 0 Å². The number of hydrogen-bond acceptors (Lipinski definition) is 3. The van der Waals surface area contributed by atoms with Crippen molar-refractivity contribution < 1.29 is 4.79 Å². The maximum Gasteiger partial charge on any atom is 0.223 e. The summed E-state index contributed by atoms with van der Waals surface area (Å²) in [5.74, 6) is 0.307. The number of nitrogens with two attached hydrogens (primary N) is 1. The Bertz CT molecular complexity index is 613. The number of rotatable bonds is 4. The van der Waals surface area contributed by atoms with Gasteiger partial charge in [-0.2, -0.15) is 0 Å². The van der Waals surface area contributed by atoms with Crippen molar-refractivity contribution in [1.82, 2.24) is 5.32 Å². The number of fused-ring (bicyclic) bond motifs is 1. The van der Waals surface area contributed by atoms with Crippen LogP contribution in [0.2, 0.25) is 0 Å². The molecule has 0 saturated heterocycles. The number of carbonyl (C=O) groups is 1. The van der Waals surface area contributed by atoms with Crippen molar-refractivity contribution in [3.8, 4) is 0 Å². The first-order chi connectivity index (χ1) is 9.74. The molecule has 2 aromatic rings. The molecule has 2 atom stereocenters. The summed E-state index contributed by atoms with van der Waals surface area (Å²) in [5, 5.41) is 6.57. The summed E-state index contributed by atoms with van der Waals surface area (Å²) < 4.78 is 1.32. The van der Waals surface area contributed by atoms with Gasteiger partial charge in [-0.3, -0.25) is 4.79 Å². The molecule has 3 N–H and O–H groups in total. The van der Waals surface area contributed by atoms with Gasteiger partial charge in [0.25, 0.3) is 0 Å². The van der Waals surface area contributed by atoms with Gasteiger partial charge in [-0.15, -0.1) is 23.7 Å². The fraction of sp³-hybridized carbons (Fsp3) is 0.438. The maximum atomic E-state index is 12.0. The molecule has 3 rings (SSSR count). The number of thiophene rings is 1. The van der Waals surface area contributed by atoms with Crippen molar-refractivity contribution in [2.24, 2.45) is 11.7 Å². The highest BCUT2D eigenvalue weighted by Crippen LogP contribution is 2.26. The van der Waals surface area contributed by atoms with Crippen LogP contribution in [0.5, 0.6) is 0 Å². The van der Waals surface area contributed by atoms with Gasteiger partial charge in [0, 0.05) is 23.2 Å². The van der Waals surface area contributed by atoms with Gasteiger partial charge in [-0.25, -0.2) is 0 Å². The van der Waals surface area contributed by atoms with Gasteiger partial charge >= 0.3 is 0 Å². The molecule has 3 nitrogen and oxygen atoms in total. The number of hydrogen-bond donors (Lipinski definition) is 2. The van der Waals surface area contributed by atoms with E-state index in [9.17, 15) is 4.79 Å². The minimum absolute atomic E-state index is 0. The third-order valence-corrected chi connectivity index (χ3v) is 5.11. The average molecular weight is 325 g/mol. The Morgan fingerprint density at radius 1 is 1.33 bits per heavy atom. The van der Waals surface area contributed by atoms with Crippen molar-refractivity contribution in [3.05, 3.63) is 35.2 Å². The molecule has 1 amide bonds. The van der Waals surface area contributed by atoms with Gasteiger partial charge in [-0.05, 0) is 48.1 Å². The van der Waals surface area contributed by atoms with E-state index in [1.54, 1.807) is 11.3 Å². The molecule has 1 fully saturated rings. The summed E-state index contributed by atoms with van der Waals surface area (Å²) in [5.41, 5.74) is 7.18. The topological polar surface area (TPSA) is 55.1 Å². The van der Waals surface area contributed by atoms with E-state index < -0.39 is 0 Å². The van der Waals surface area contributed by atoms with Crippen LogP contribution in [0, 0.1) is 5.92 Å². The highest BCUT2D eigenvalue weighted by atomic mass is 35.5. The molecule has 2 unspecified atom stereocenters. The van der Waals surface area contributed by atoms with Gasteiger partial charge in [0.05, 0.1) is 0 Å². The largest absolute Gasteiger partial charge is 0.356 e. The zero-order valence-electron chi connectivity index (χ0n) is 11.9. The molecule has 21 heavy (non-hydrogen) atoms. The molecule has 1 heterocycles. The Kier molecular flexibility index (Phi) is 5.62. The number of halogens is 1. The third kappa shape index (κ3) is 3.76. The summed E-state index contributed by atoms with van der Waals surface area (Å²) >= 11 is 1.77. The molecule has 1 saturated carbocycles. The van der Waals surface area contributed by atoms with Crippen molar-refractivity contribution >= 4 is 39.7 Å². The minimum atomic E-state index is 0. The Morgan fingerprint density at radius 2 is 2.14 bits per heavy atom. The second kappa shape index (κ2) is 7.25. The predicted molar refractivity (Wildman–Crippen MR) is 91.1 cm³/mol. The third-order valence-electron chi connectivity index (χ3n) is 4.10. The van der Waals surface area contributed by atoms with Crippen molar-refractivity contribution in [2.45, 2.75) is 31.7 Å². The summed E-state index contributed by atoms with van der Waals surface area (Å²) in [6, 6.07) is 8.64. The van der Waals surface area contributed by atoms with E-state index in [2.05, 4.69) is 35.0 Å². The molecule has 5 heteroatoms. The van der Waals surface area contributed by atoms with Crippen LogP contribution in [-0.4, -0.2) is 18.5 Å². The van der Waals surface area contributed by atoms with Crippen LogP contribution >= 0.6 is 23.7 Å². The Morgan fingerprint density at radius 3 is 2.90 bits per heavy atom. The average Bonchev–Trinajstić information content (AvgIpc) is 3.06. The van der Waals surface area contributed by atoms with Gasteiger partial charge < -0.3 is 11.1 Å². The standard InChI is InChI=1S/C16H20N2OS.ClH/c17-13-6-5-11(9-13)16(19)18-8-7-12-10-20-15-4-2-1-3-14(12)15;/h1-4,10-11,13H,5-9,17H2,(H,18,19);1H. The Hall–Kier alpha value is -1.10. The fourth-order valence-electron chi connectivity index (χ4n) is 2.95. The Labute approximate surface area is 135 Å². The zero-order chi connectivity index (χ0) is 13.9. The van der Waals surface area contributed by atoms with Crippen LogP contribution in [0.4, 0.5) is 0 Å². The van der Waals surface area contributed by atoms with Gasteiger partial charge in [0.15, 0.2) is 0 Å². The normalized spacial score (nSPS) is 21.2. The first kappa shape index (κ1) is 16.3. The molecule has 1 aliphatic rings. The van der Waals surface area contributed by atoms with Gasteiger partial charge in [0.1, 0.15) is 0 Å². The first-order valence-corrected chi connectivity index (χ1v) is 8.10. The molecule has 1 aromatic carbocycles. The summed E-state index contributed by atoms with van der Waals surface area (Å²) in [6.07, 6.45) is 3.66. The Balaban J connectivity index is 0.00000161. The molecular weight excluding hydrogens is 304 g/mol. The predicted octanol–water partition coefficient (Wildman–Crippen LogP) is 3.11. The number of benzene rings is 1. The molecule has 0 spiro atoms. The number of amides is 1. The molecule has 0 aliphatic heterocycles. The van der Waals surface area contributed by atoms with Crippen LogP contribution in [0.15, 0.2) is 29.6 Å². The zero-order valence-corrected chi connectivity index (χ0v) is 13.5. The van der Waals surface area contributed by atoms with E-state index >= 15 is 0 Å². The van der Waals surface area contributed by atoms with E-state index in [0.29, 0.717) is 6.54 Å². The lowest BCUT2D eigenvalue weighted by atomic mass is 10.1. The highest BCUT2D eigenvalue weighted by molar-refractivity contribution is 7.17. The monoisotopic (exact) mass is 324 g/mol. The lowest BCUT2D eigenvalue weighted by Crippen LogP contribution is -2.31. The second-order valence-corrected chi connectivity index (χ2v) is 6.48. The van der Waals surface area contributed by atoms with Crippen LogP contribution in [0.3, 0.4) is 0 Å². The second-order valence-electron chi connectivity index (χ2n) is 5.57. The first-order valence-electron chi connectivity index (χ1n) is 7.22. The van der Waals surface area contributed by atoms with Crippen molar-refractivity contribution in [3.63, 3.8) is 0 Å². The molecule has 114 valence electrons. The number of carbonyl (C=O) groups excluding carboxylic acids is 1. The highest BCUT2D eigenvalue weighted by Gasteiger charge is 2.27. The molecule has 1 aliphatic carbocycles. The summed E-state index contributed by atoms with van der Waals surface area (Å²) in [6.45, 7) is 0.714. The molecule has 0 bridgehead atoms. The summed E-state index contributed by atoms with van der Waals surface area (Å²) in [4.78, 5) is 12.0. The van der Waals surface area contributed by atoms with Crippen LogP contribution in [-0.2, 0) is 11.2 Å². The van der Waals surface area contributed by atoms with E-state index in [4.69, 9.17) is 5.73 Å². The summed E-state index contributed by atoms with van der Waals surface area (Å²) in [7, 11) is 0. The maximum absolute atomic E-state index is 12.0. The van der Waals surface area contributed by atoms with Crippen LogP contribution in [0.25, 0.3) is 10.1 Å². The SMILES string of the molecule is Cl.NC1CCC(C(=O)NCCc2csc3ccccc23)C1. The number of nitrogens with one attached hydrogen (secondary N) is 1. The van der Waals surface area contributed by atoms with E-state index in [1.807, 2.05) is 0 Å². The van der Waals surface area contributed by atoms with Crippen LogP contribution in [0.1, 0.15) is 24.8 Å².